The zero-order valence-electron chi connectivity index (χ0n) is 14.5. The summed E-state index contributed by atoms with van der Waals surface area (Å²) < 4.78 is 6.03. The molecule has 0 radical (unpaired) electrons. The van der Waals surface area contributed by atoms with Crippen LogP contribution in [0.1, 0.15) is 26.3 Å². The van der Waals surface area contributed by atoms with Gasteiger partial charge in [-0.15, -0.1) is 0 Å². The highest BCUT2D eigenvalue weighted by Crippen LogP contribution is 2.32. The minimum Gasteiger partial charge on any atom is -0.456 e. The Morgan fingerprint density at radius 2 is 1.46 bits per heavy atom. The maximum absolute atomic E-state index is 6.03. The van der Waals surface area contributed by atoms with Crippen molar-refractivity contribution in [3.63, 3.8) is 0 Å². The first-order valence-electron chi connectivity index (χ1n) is 8.50. The first-order chi connectivity index (χ1) is 11.5. The second kappa shape index (κ2) is 5.52. The molecule has 0 unspecified atom stereocenters. The van der Waals surface area contributed by atoms with Crippen LogP contribution in [-0.2, 0) is 6.42 Å². The van der Waals surface area contributed by atoms with Gasteiger partial charge in [-0.1, -0.05) is 69.3 Å². The van der Waals surface area contributed by atoms with Crippen molar-refractivity contribution in [2.45, 2.75) is 27.2 Å². The quantitative estimate of drug-likeness (QED) is 0.394. The Morgan fingerprint density at radius 1 is 0.708 bits per heavy atom. The van der Waals surface area contributed by atoms with Gasteiger partial charge in [0.1, 0.15) is 11.2 Å². The number of rotatable bonds is 2. The van der Waals surface area contributed by atoms with Gasteiger partial charge < -0.3 is 4.42 Å². The van der Waals surface area contributed by atoms with Gasteiger partial charge in [0.15, 0.2) is 0 Å². The molecular formula is C23H22O. The summed E-state index contributed by atoms with van der Waals surface area (Å²) in [5, 5.41) is 2.36. The molecule has 0 N–H and O–H groups in total. The number of hydrogen-bond acceptors (Lipinski definition) is 1. The van der Waals surface area contributed by atoms with Crippen molar-refractivity contribution in [2.24, 2.45) is 5.41 Å². The Bertz CT molecular complexity index is 1020. The van der Waals surface area contributed by atoms with Crippen molar-refractivity contribution in [1.29, 1.82) is 0 Å². The molecular weight excluding hydrogens is 292 g/mol. The van der Waals surface area contributed by atoms with Crippen molar-refractivity contribution in [1.82, 2.24) is 0 Å². The van der Waals surface area contributed by atoms with E-state index in [1.165, 1.54) is 27.5 Å². The smallest absolute Gasteiger partial charge is 0.136 e. The number of furan rings is 1. The fraction of sp³-hybridized carbons (Fsp3) is 0.217. The molecule has 0 spiro atoms. The molecule has 4 aromatic rings. The summed E-state index contributed by atoms with van der Waals surface area (Å²) in [4.78, 5) is 0. The van der Waals surface area contributed by atoms with Gasteiger partial charge in [0.25, 0.3) is 0 Å². The Balaban J connectivity index is 1.79. The fourth-order valence-electron chi connectivity index (χ4n) is 3.38. The van der Waals surface area contributed by atoms with Crippen LogP contribution in [0.15, 0.2) is 71.1 Å². The second-order valence-electron chi connectivity index (χ2n) is 7.75. The molecule has 0 aliphatic heterocycles. The molecule has 0 saturated carbocycles. The van der Waals surface area contributed by atoms with Crippen molar-refractivity contribution in [3.05, 3.63) is 72.3 Å². The molecule has 0 aliphatic carbocycles. The summed E-state index contributed by atoms with van der Waals surface area (Å²) in [6, 6.07) is 23.6. The van der Waals surface area contributed by atoms with Gasteiger partial charge in [0.05, 0.1) is 0 Å². The minimum atomic E-state index is 0.293. The van der Waals surface area contributed by atoms with Crippen molar-refractivity contribution in [2.75, 3.05) is 0 Å². The van der Waals surface area contributed by atoms with Crippen LogP contribution >= 0.6 is 0 Å². The molecule has 1 aromatic heterocycles. The van der Waals surface area contributed by atoms with E-state index in [-0.39, 0.29) is 0 Å². The van der Waals surface area contributed by atoms with Crippen molar-refractivity contribution in [3.8, 4) is 11.1 Å². The summed E-state index contributed by atoms with van der Waals surface area (Å²) in [5.41, 5.74) is 6.03. The average Bonchev–Trinajstić information content (AvgIpc) is 2.91. The van der Waals surface area contributed by atoms with Gasteiger partial charge in [-0.05, 0) is 46.7 Å². The van der Waals surface area contributed by atoms with E-state index in [1.807, 2.05) is 12.1 Å². The molecule has 120 valence electrons. The van der Waals surface area contributed by atoms with Crippen molar-refractivity contribution >= 4 is 21.9 Å². The second-order valence-corrected chi connectivity index (χ2v) is 7.75. The Kier molecular flexibility index (Phi) is 3.45. The van der Waals surface area contributed by atoms with Crippen LogP contribution in [-0.4, -0.2) is 0 Å². The van der Waals surface area contributed by atoms with Crippen LogP contribution in [0.25, 0.3) is 33.1 Å². The topological polar surface area (TPSA) is 13.1 Å². The number of benzene rings is 3. The third-order valence-corrected chi connectivity index (χ3v) is 4.37. The molecule has 0 aliphatic rings. The van der Waals surface area contributed by atoms with E-state index in [0.29, 0.717) is 5.41 Å². The van der Waals surface area contributed by atoms with Gasteiger partial charge >= 0.3 is 0 Å². The molecule has 4 rings (SSSR count). The SMILES string of the molecule is CC(C)(C)Cc1cccc(-c2ccc3c(c2)oc2ccccc23)c1. The first kappa shape index (κ1) is 15.0. The minimum absolute atomic E-state index is 0.293. The molecule has 0 bridgehead atoms. The van der Waals surface area contributed by atoms with E-state index in [0.717, 1.165) is 17.6 Å². The molecule has 1 heteroatoms. The van der Waals surface area contributed by atoms with Crippen LogP contribution in [0.3, 0.4) is 0 Å². The summed E-state index contributed by atoms with van der Waals surface area (Å²) in [6.07, 6.45) is 1.08. The largest absolute Gasteiger partial charge is 0.456 e. The number of fused-ring (bicyclic) bond motifs is 3. The van der Waals surface area contributed by atoms with Crippen LogP contribution in [0.4, 0.5) is 0 Å². The zero-order valence-corrected chi connectivity index (χ0v) is 14.5. The lowest BCUT2D eigenvalue weighted by Gasteiger charge is -2.18. The van der Waals surface area contributed by atoms with Crippen LogP contribution in [0.2, 0.25) is 0 Å². The van der Waals surface area contributed by atoms with Gasteiger partial charge in [0.2, 0.25) is 0 Å². The van der Waals surface area contributed by atoms with Crippen LogP contribution in [0, 0.1) is 5.41 Å². The molecule has 3 aromatic carbocycles. The highest BCUT2D eigenvalue weighted by atomic mass is 16.3. The van der Waals surface area contributed by atoms with E-state index in [2.05, 4.69) is 75.4 Å². The summed E-state index contributed by atoms with van der Waals surface area (Å²) in [5.74, 6) is 0. The first-order valence-corrected chi connectivity index (χ1v) is 8.50. The van der Waals surface area contributed by atoms with Gasteiger partial charge in [0, 0.05) is 10.8 Å². The van der Waals surface area contributed by atoms with E-state index < -0.39 is 0 Å². The normalized spacial score (nSPS) is 12.1. The third kappa shape index (κ3) is 2.82. The zero-order chi connectivity index (χ0) is 16.7. The van der Waals surface area contributed by atoms with E-state index in [4.69, 9.17) is 4.42 Å². The van der Waals surface area contributed by atoms with E-state index in [1.54, 1.807) is 0 Å². The van der Waals surface area contributed by atoms with E-state index >= 15 is 0 Å². The molecule has 0 amide bonds. The maximum atomic E-state index is 6.03. The van der Waals surface area contributed by atoms with Gasteiger partial charge in [-0.25, -0.2) is 0 Å². The van der Waals surface area contributed by atoms with Crippen LogP contribution in [0.5, 0.6) is 0 Å². The molecule has 0 saturated heterocycles. The highest BCUT2D eigenvalue weighted by Gasteiger charge is 2.12. The molecule has 0 atom stereocenters. The predicted octanol–water partition coefficient (Wildman–Crippen LogP) is 6.84. The summed E-state index contributed by atoms with van der Waals surface area (Å²) in [6.45, 7) is 6.83. The lowest BCUT2D eigenvalue weighted by Crippen LogP contribution is -2.08. The third-order valence-electron chi connectivity index (χ3n) is 4.37. The van der Waals surface area contributed by atoms with Crippen LogP contribution < -0.4 is 0 Å². The summed E-state index contributed by atoms with van der Waals surface area (Å²) >= 11 is 0. The molecule has 1 nitrogen and oxygen atoms in total. The fourth-order valence-corrected chi connectivity index (χ4v) is 3.38. The Labute approximate surface area is 142 Å². The number of para-hydroxylation sites is 1. The van der Waals surface area contributed by atoms with Crippen molar-refractivity contribution < 1.29 is 4.42 Å². The standard InChI is InChI=1S/C23H22O/c1-23(2,3)15-16-7-6-8-17(13-16)18-11-12-20-19-9-4-5-10-21(19)24-22(20)14-18/h4-14H,15H2,1-3H3. The molecule has 1 heterocycles. The maximum Gasteiger partial charge on any atom is 0.136 e. The Morgan fingerprint density at radius 3 is 2.29 bits per heavy atom. The van der Waals surface area contributed by atoms with Gasteiger partial charge in [-0.2, -0.15) is 0 Å². The summed E-state index contributed by atoms with van der Waals surface area (Å²) in [7, 11) is 0. The Hall–Kier alpha value is -2.54. The predicted molar refractivity (Wildman–Crippen MR) is 102 cm³/mol. The van der Waals surface area contributed by atoms with E-state index in [9.17, 15) is 0 Å². The molecule has 0 fully saturated rings. The van der Waals surface area contributed by atoms with Gasteiger partial charge in [-0.3, -0.25) is 0 Å². The monoisotopic (exact) mass is 314 g/mol. The molecule has 24 heavy (non-hydrogen) atoms. The number of hydrogen-bond donors (Lipinski definition) is 0. The lowest BCUT2D eigenvalue weighted by molar-refractivity contribution is 0.411. The lowest BCUT2D eigenvalue weighted by atomic mass is 9.87. The highest BCUT2D eigenvalue weighted by molar-refractivity contribution is 6.05. The average molecular weight is 314 g/mol.